The molecule has 3 heterocycles. The molecule has 9 heteroatoms. The monoisotopic (exact) mass is 419 g/mol. The molecule has 170 valence electrons. The first-order chi connectivity index (χ1) is 13.9. The molecule has 1 N–H and O–H groups in total. The van der Waals surface area contributed by atoms with Crippen LogP contribution in [-0.4, -0.2) is 102 Å². The number of hydrogen-bond donors (Lipinski definition) is 1. The summed E-state index contributed by atoms with van der Waals surface area (Å²) in [6, 6.07) is 0. The molecule has 0 aliphatic carbocycles. The summed E-state index contributed by atoms with van der Waals surface area (Å²) in [6.45, 7) is 13.1. The molecule has 0 aromatic rings. The molecule has 0 bridgehead atoms. The molecule has 0 radical (unpaired) electrons. The Morgan fingerprint density at radius 3 is 1.45 bits per heavy atom. The summed E-state index contributed by atoms with van der Waals surface area (Å²) in [5.41, 5.74) is 0. The van der Waals surface area contributed by atoms with Crippen molar-refractivity contribution in [2.45, 2.75) is 63.7 Å². The lowest BCUT2D eigenvalue weighted by Crippen LogP contribution is -2.51. The Bertz CT molecular complexity index is 447. The minimum atomic E-state index is -0.660. The summed E-state index contributed by atoms with van der Waals surface area (Å²) in [4.78, 5) is 0. The maximum absolute atomic E-state index is 6.24. The van der Waals surface area contributed by atoms with Crippen LogP contribution in [0.5, 0.6) is 0 Å². The molecule has 0 aromatic carbocycles. The van der Waals surface area contributed by atoms with E-state index in [1.165, 1.54) is 0 Å². The molecule has 4 atom stereocenters. The molecule has 3 aliphatic rings. The van der Waals surface area contributed by atoms with Crippen molar-refractivity contribution in [3.8, 4) is 0 Å². The van der Waals surface area contributed by atoms with Crippen LogP contribution in [0.3, 0.4) is 0 Å². The lowest BCUT2D eigenvalue weighted by atomic mass is 10.0. The zero-order chi connectivity index (χ0) is 20.7. The van der Waals surface area contributed by atoms with Gasteiger partial charge in [0.25, 0.3) is 0 Å². The summed E-state index contributed by atoms with van der Waals surface area (Å²) >= 11 is 0. The van der Waals surface area contributed by atoms with Crippen LogP contribution in [-0.2, 0) is 37.9 Å². The number of rotatable bonds is 2. The van der Waals surface area contributed by atoms with E-state index < -0.39 is 11.6 Å². The molecular formula is C20H37NO8. The van der Waals surface area contributed by atoms with Gasteiger partial charge in [0.15, 0.2) is 11.6 Å². The van der Waals surface area contributed by atoms with Crippen LogP contribution in [0.4, 0.5) is 0 Å². The van der Waals surface area contributed by atoms with Crippen LogP contribution in [0.1, 0.15) is 27.7 Å². The molecule has 0 saturated carbocycles. The minimum Gasteiger partial charge on any atom is -0.378 e. The topological polar surface area (TPSA) is 85.9 Å². The van der Waals surface area contributed by atoms with E-state index in [-0.39, 0.29) is 24.4 Å². The predicted molar refractivity (Wildman–Crippen MR) is 104 cm³/mol. The third-order valence-electron chi connectivity index (χ3n) is 5.04. The van der Waals surface area contributed by atoms with E-state index in [2.05, 4.69) is 5.32 Å². The maximum Gasteiger partial charge on any atom is 0.163 e. The SMILES string of the molecule is CC1(C)OCC(C2OCCOCCNCCOCCOC2C2COC(C)(C)O2)O1. The van der Waals surface area contributed by atoms with Crippen LogP contribution < -0.4 is 5.32 Å². The van der Waals surface area contributed by atoms with Gasteiger partial charge in [-0.15, -0.1) is 0 Å². The molecule has 0 aromatic heterocycles. The second kappa shape index (κ2) is 10.8. The van der Waals surface area contributed by atoms with E-state index in [1.54, 1.807) is 0 Å². The van der Waals surface area contributed by atoms with Gasteiger partial charge in [0.1, 0.15) is 24.4 Å². The van der Waals surface area contributed by atoms with Crippen molar-refractivity contribution < 1.29 is 37.9 Å². The largest absolute Gasteiger partial charge is 0.378 e. The molecular weight excluding hydrogens is 382 g/mol. The van der Waals surface area contributed by atoms with E-state index in [4.69, 9.17) is 37.9 Å². The second-order valence-corrected chi connectivity index (χ2v) is 8.38. The molecule has 3 saturated heterocycles. The van der Waals surface area contributed by atoms with E-state index in [0.717, 1.165) is 13.1 Å². The second-order valence-electron chi connectivity index (χ2n) is 8.38. The first-order valence-corrected chi connectivity index (χ1v) is 10.6. The van der Waals surface area contributed by atoms with Gasteiger partial charge in [-0.05, 0) is 27.7 Å². The fourth-order valence-electron chi connectivity index (χ4n) is 3.69. The molecule has 29 heavy (non-hydrogen) atoms. The Hall–Kier alpha value is -0.360. The van der Waals surface area contributed by atoms with Gasteiger partial charge in [0.05, 0.1) is 52.9 Å². The van der Waals surface area contributed by atoms with E-state index >= 15 is 0 Å². The summed E-state index contributed by atoms with van der Waals surface area (Å²) < 4.78 is 47.6. The van der Waals surface area contributed by atoms with Gasteiger partial charge in [0, 0.05) is 13.1 Å². The molecule has 9 nitrogen and oxygen atoms in total. The normalized spacial score (nSPS) is 37.7. The molecule has 0 spiro atoms. The van der Waals surface area contributed by atoms with Crippen molar-refractivity contribution in [3.63, 3.8) is 0 Å². The van der Waals surface area contributed by atoms with Gasteiger partial charge >= 0.3 is 0 Å². The zero-order valence-corrected chi connectivity index (χ0v) is 18.1. The summed E-state index contributed by atoms with van der Waals surface area (Å²) in [5.74, 6) is -1.32. The third kappa shape index (κ3) is 7.37. The lowest BCUT2D eigenvalue weighted by Gasteiger charge is -2.34. The minimum absolute atomic E-state index is 0.277. The highest BCUT2D eigenvalue weighted by molar-refractivity contribution is 4.91. The van der Waals surface area contributed by atoms with Gasteiger partial charge in [-0.1, -0.05) is 0 Å². The Balaban J connectivity index is 1.71. The fourth-order valence-corrected chi connectivity index (χ4v) is 3.69. The van der Waals surface area contributed by atoms with Crippen LogP contribution in [0.25, 0.3) is 0 Å². The van der Waals surface area contributed by atoms with Crippen molar-refractivity contribution in [3.05, 3.63) is 0 Å². The van der Waals surface area contributed by atoms with Gasteiger partial charge in [-0.3, -0.25) is 0 Å². The highest BCUT2D eigenvalue weighted by Crippen LogP contribution is 2.32. The van der Waals surface area contributed by atoms with Crippen LogP contribution in [0.15, 0.2) is 0 Å². The predicted octanol–water partition coefficient (Wildman–Crippen LogP) is 0.696. The highest BCUT2D eigenvalue weighted by atomic mass is 16.8. The van der Waals surface area contributed by atoms with Crippen molar-refractivity contribution in [2.24, 2.45) is 0 Å². The van der Waals surface area contributed by atoms with Crippen LogP contribution in [0, 0.1) is 0 Å². The summed E-state index contributed by atoms with van der Waals surface area (Å²) in [7, 11) is 0. The maximum atomic E-state index is 6.24. The molecule has 3 aliphatic heterocycles. The van der Waals surface area contributed by atoms with E-state index in [0.29, 0.717) is 52.9 Å². The first-order valence-electron chi connectivity index (χ1n) is 10.6. The summed E-state index contributed by atoms with van der Waals surface area (Å²) in [5, 5.41) is 3.28. The Morgan fingerprint density at radius 2 is 1.07 bits per heavy atom. The van der Waals surface area contributed by atoms with Crippen molar-refractivity contribution >= 4 is 0 Å². The van der Waals surface area contributed by atoms with Gasteiger partial charge in [0.2, 0.25) is 0 Å². The Kier molecular flexibility index (Phi) is 8.67. The van der Waals surface area contributed by atoms with Crippen LogP contribution >= 0.6 is 0 Å². The van der Waals surface area contributed by atoms with E-state index in [9.17, 15) is 0 Å². The highest BCUT2D eigenvalue weighted by Gasteiger charge is 2.47. The van der Waals surface area contributed by atoms with Crippen molar-refractivity contribution in [2.75, 3.05) is 65.9 Å². The molecule has 4 unspecified atom stereocenters. The quantitative estimate of drug-likeness (QED) is 0.695. The van der Waals surface area contributed by atoms with Crippen LogP contribution in [0.2, 0.25) is 0 Å². The van der Waals surface area contributed by atoms with Gasteiger partial charge in [-0.2, -0.15) is 0 Å². The zero-order valence-electron chi connectivity index (χ0n) is 18.1. The number of ether oxygens (including phenoxy) is 8. The Labute approximate surface area is 173 Å². The standard InChI is InChI=1S/C20H37NO8/c1-19(2)26-13-15(28-19)17-18(16-14-27-20(3,4)29-16)25-12-10-23-8-6-21-5-7-22-9-11-24-17/h15-18,21H,5-14H2,1-4H3. The van der Waals surface area contributed by atoms with Crippen molar-refractivity contribution in [1.29, 1.82) is 0 Å². The molecule has 0 amide bonds. The van der Waals surface area contributed by atoms with E-state index in [1.807, 2.05) is 27.7 Å². The third-order valence-corrected chi connectivity index (χ3v) is 5.04. The molecule has 3 rings (SSSR count). The average Bonchev–Trinajstić information content (AvgIpc) is 3.19. The summed E-state index contributed by atoms with van der Waals surface area (Å²) in [6.07, 6.45) is -1.32. The Morgan fingerprint density at radius 1 is 0.621 bits per heavy atom. The van der Waals surface area contributed by atoms with Gasteiger partial charge in [-0.25, -0.2) is 0 Å². The average molecular weight is 420 g/mol. The number of hydrogen-bond acceptors (Lipinski definition) is 9. The van der Waals surface area contributed by atoms with Crippen molar-refractivity contribution in [1.82, 2.24) is 5.32 Å². The first kappa shape index (κ1) is 23.3. The lowest BCUT2D eigenvalue weighted by molar-refractivity contribution is -0.207. The fraction of sp³-hybridized carbons (Fsp3) is 1.00. The molecule has 3 fully saturated rings. The van der Waals surface area contributed by atoms with Gasteiger partial charge < -0.3 is 43.2 Å². The smallest absolute Gasteiger partial charge is 0.163 e. The number of nitrogens with one attached hydrogen (secondary N) is 1.